The summed E-state index contributed by atoms with van der Waals surface area (Å²) in [4.78, 5) is 62.1. The summed E-state index contributed by atoms with van der Waals surface area (Å²) in [6.45, 7) is 8.55. The van der Waals surface area contributed by atoms with Crippen LogP contribution in [0.15, 0.2) is 36.5 Å². The number of carbonyl (C=O) groups excluding carboxylic acids is 4. The van der Waals surface area contributed by atoms with Crippen LogP contribution in [0.4, 0.5) is 18.0 Å². The van der Waals surface area contributed by atoms with Crippen LogP contribution >= 0.6 is 0 Å². The molecule has 4 aliphatic rings. The van der Waals surface area contributed by atoms with Crippen molar-refractivity contribution in [2.75, 3.05) is 20.3 Å². The zero-order valence-electron chi connectivity index (χ0n) is 34.8. The Balaban J connectivity index is 1.36. The average molecular weight is 866 g/mol. The molecule has 7 atom stereocenters. The molecule has 2 saturated carbocycles. The lowest BCUT2D eigenvalue weighted by atomic mass is 9.88. The average Bonchev–Trinajstić information content (AvgIpc) is 4.04. The van der Waals surface area contributed by atoms with Crippen molar-refractivity contribution in [2.24, 2.45) is 17.8 Å². The minimum atomic E-state index is -4.92. The van der Waals surface area contributed by atoms with E-state index in [4.69, 9.17) is 18.9 Å². The van der Waals surface area contributed by atoms with Crippen LogP contribution in [0.3, 0.4) is 0 Å². The maximum atomic E-state index is 14.8. The smallest absolute Gasteiger partial charge is 0.427 e. The Morgan fingerprint density at radius 3 is 2.47 bits per heavy atom. The van der Waals surface area contributed by atoms with E-state index in [0.29, 0.717) is 74.8 Å². The molecule has 1 aromatic carbocycles. The molecule has 0 radical (unpaired) electrons. The number of amides is 4. The van der Waals surface area contributed by atoms with Crippen molar-refractivity contribution >= 4 is 44.6 Å². The number of rotatable bonds is 10. The Kier molecular flexibility index (Phi) is 12.4. The maximum Gasteiger partial charge on any atom is 0.427 e. The van der Waals surface area contributed by atoms with Gasteiger partial charge in [-0.05, 0) is 96.3 Å². The number of benzene rings is 1. The number of aromatic nitrogens is 1. The Morgan fingerprint density at radius 2 is 1.82 bits per heavy atom. The lowest BCUT2D eigenvalue weighted by Crippen LogP contribution is -2.59. The third-order valence-corrected chi connectivity index (χ3v) is 14.3. The maximum absolute atomic E-state index is 14.8. The number of alkyl carbamates (subject to hydrolysis) is 1. The van der Waals surface area contributed by atoms with Gasteiger partial charge in [0.05, 0.1) is 31.2 Å². The minimum Gasteiger partial charge on any atom is -0.494 e. The van der Waals surface area contributed by atoms with E-state index in [0.717, 1.165) is 0 Å². The molecule has 2 aliphatic carbocycles. The number of carbonyl (C=O) groups is 4. The van der Waals surface area contributed by atoms with Crippen molar-refractivity contribution in [1.82, 2.24) is 25.2 Å². The topological polar surface area (TPSA) is 192 Å². The largest absolute Gasteiger partial charge is 0.494 e. The normalized spacial score (nSPS) is 28.3. The molecule has 1 saturated heterocycles. The highest BCUT2D eigenvalue weighted by molar-refractivity contribution is 7.91. The van der Waals surface area contributed by atoms with E-state index >= 15 is 0 Å². The van der Waals surface area contributed by atoms with Crippen LogP contribution in [0.2, 0.25) is 0 Å². The predicted octanol–water partition coefficient (Wildman–Crippen LogP) is 5.31. The molecule has 3 heterocycles. The van der Waals surface area contributed by atoms with Gasteiger partial charge in [0.15, 0.2) is 0 Å². The summed E-state index contributed by atoms with van der Waals surface area (Å²) in [5, 5.41) is 6.32. The molecule has 2 aromatic rings. The number of nitrogens with zero attached hydrogens (tertiary/aromatic N) is 2. The number of halogens is 3. The number of hydrogen-bond acceptors (Lipinski definition) is 11. The van der Waals surface area contributed by atoms with Crippen LogP contribution in [0, 0.1) is 17.8 Å². The van der Waals surface area contributed by atoms with Gasteiger partial charge in [-0.3, -0.25) is 19.1 Å². The number of nitrogens with one attached hydrogen (secondary N) is 3. The van der Waals surface area contributed by atoms with Gasteiger partial charge >= 0.3 is 12.3 Å². The first-order valence-electron chi connectivity index (χ1n) is 20.2. The number of pyridine rings is 1. The Bertz CT molecular complexity index is 2150. The summed E-state index contributed by atoms with van der Waals surface area (Å²) < 4.78 is 91.3. The van der Waals surface area contributed by atoms with Crippen LogP contribution in [0.1, 0.15) is 86.5 Å². The van der Waals surface area contributed by atoms with Gasteiger partial charge in [-0.1, -0.05) is 26.0 Å². The van der Waals surface area contributed by atoms with Crippen LogP contribution in [-0.4, -0.2) is 103 Å². The number of sulfonamides is 1. The first-order valence-corrected chi connectivity index (χ1v) is 21.7. The number of fused-ring (bicyclic) bond motifs is 3. The molecule has 3 fully saturated rings. The van der Waals surface area contributed by atoms with Gasteiger partial charge in [-0.15, -0.1) is 0 Å². The van der Waals surface area contributed by atoms with Gasteiger partial charge in [0, 0.05) is 23.1 Å². The third-order valence-electron chi connectivity index (χ3n) is 12.1. The van der Waals surface area contributed by atoms with Crippen LogP contribution in [0.25, 0.3) is 10.8 Å². The zero-order valence-corrected chi connectivity index (χ0v) is 35.6. The van der Waals surface area contributed by atoms with Crippen LogP contribution < -0.4 is 29.6 Å². The molecule has 1 aromatic heterocycles. The zero-order chi connectivity index (χ0) is 44.0. The fourth-order valence-corrected chi connectivity index (χ4v) is 9.20. The molecule has 15 nitrogen and oxygen atoms in total. The van der Waals surface area contributed by atoms with E-state index in [-0.39, 0.29) is 31.2 Å². The molecule has 19 heteroatoms. The second-order valence-electron chi connectivity index (χ2n) is 17.3. The van der Waals surface area contributed by atoms with Gasteiger partial charge < -0.3 is 34.5 Å². The molecular weight excluding hydrogens is 812 g/mol. The summed E-state index contributed by atoms with van der Waals surface area (Å²) in [6, 6.07) is 2.42. The minimum absolute atomic E-state index is 0.0471. The molecule has 0 bridgehead atoms. The highest BCUT2D eigenvalue weighted by atomic mass is 32.2. The van der Waals surface area contributed by atoms with Gasteiger partial charge in [-0.25, -0.2) is 18.2 Å². The monoisotopic (exact) mass is 865 g/mol. The van der Waals surface area contributed by atoms with E-state index in [1.54, 1.807) is 31.2 Å². The molecule has 4 amide bonds. The lowest BCUT2D eigenvalue weighted by Gasteiger charge is -2.34. The van der Waals surface area contributed by atoms with Crippen molar-refractivity contribution in [3.05, 3.63) is 36.5 Å². The van der Waals surface area contributed by atoms with Crippen LogP contribution in [0.5, 0.6) is 17.4 Å². The molecule has 6 rings (SSSR count). The van der Waals surface area contributed by atoms with Gasteiger partial charge in [0.1, 0.15) is 35.2 Å². The highest BCUT2D eigenvalue weighted by Crippen LogP contribution is 2.48. The number of hydrogen-bond donors (Lipinski definition) is 3. The number of methoxy groups -OCH3 is 1. The van der Waals surface area contributed by atoms with Crippen molar-refractivity contribution < 1.29 is 59.7 Å². The number of ether oxygens (including phenoxy) is 4. The fourth-order valence-electron chi connectivity index (χ4n) is 7.88. The van der Waals surface area contributed by atoms with E-state index in [2.05, 4.69) is 20.3 Å². The summed E-state index contributed by atoms with van der Waals surface area (Å²) in [6.07, 6.45) is -0.00767. The molecule has 0 spiro atoms. The molecule has 7 unspecified atom stereocenters. The third kappa shape index (κ3) is 9.10. The van der Waals surface area contributed by atoms with Gasteiger partial charge in [0.25, 0.3) is 5.91 Å². The van der Waals surface area contributed by atoms with Gasteiger partial charge in [-0.2, -0.15) is 13.2 Å². The van der Waals surface area contributed by atoms with Gasteiger partial charge in [0.2, 0.25) is 33.3 Å². The summed E-state index contributed by atoms with van der Waals surface area (Å²) in [5.41, 5.74) is -4.55. The molecular formula is C41H54F3N5O10S. The van der Waals surface area contributed by atoms with E-state index in [9.17, 15) is 40.8 Å². The number of alkyl halides is 3. The van der Waals surface area contributed by atoms with E-state index < -0.39 is 85.9 Å². The SMILES string of the molecule is CCOc1ccc2c(OC3CC4C(=O)NC5(C(=O)NS(=O)(=O)C6(C)CC6)CC5C=CCCC(C)CC(C)C(NC(=O)OC(C)(C)C(F)(F)F)C(=O)N4C3)ncc(OC)c2c1. The summed E-state index contributed by atoms with van der Waals surface area (Å²) >= 11 is 0. The quantitative estimate of drug-likeness (QED) is 0.262. The van der Waals surface area contributed by atoms with Crippen molar-refractivity contribution in [2.45, 2.75) is 127 Å². The summed E-state index contributed by atoms with van der Waals surface area (Å²) in [5.74, 6) is -2.60. The Labute approximate surface area is 347 Å². The number of allylic oxidation sites excluding steroid dienone is 1. The Morgan fingerprint density at radius 1 is 1.10 bits per heavy atom. The first kappa shape index (κ1) is 44.7. The molecule has 60 heavy (non-hydrogen) atoms. The molecule has 330 valence electrons. The van der Waals surface area contributed by atoms with Crippen LogP contribution in [-0.2, 0) is 29.1 Å². The highest BCUT2D eigenvalue weighted by Gasteiger charge is 2.63. The second-order valence-corrected chi connectivity index (χ2v) is 19.4. The fraction of sp³-hybridized carbons (Fsp3) is 0.634. The Hall–Kier alpha value is -4.81. The molecule has 2 aliphatic heterocycles. The second kappa shape index (κ2) is 16.6. The first-order chi connectivity index (χ1) is 28.0. The van der Waals surface area contributed by atoms with E-state index in [1.165, 1.54) is 25.1 Å². The molecule has 3 N–H and O–H groups in total. The predicted molar refractivity (Wildman–Crippen MR) is 213 cm³/mol. The standard InChI is InChI=1S/C41H54F3N5O10S/c1-8-57-26-13-14-28-29(18-26)31(56-7)21-45-34(28)58-27-19-30-33(50)47-40(36(52)48-60(54,55)39(6)15-16-39)20-25(40)12-10-9-11-23(2)17-24(3)32(35(51)49(30)22-27)46-37(53)59-38(4,5)41(42,43)44/h10,12-14,18,21,23-25,27,30,32H,8-9,11,15-17,19-20,22H2,1-7H3,(H,46,53)(H,47,50)(H,48,52). The van der Waals surface area contributed by atoms with Crippen molar-refractivity contribution in [3.8, 4) is 17.4 Å². The van der Waals surface area contributed by atoms with Crippen molar-refractivity contribution in [3.63, 3.8) is 0 Å². The summed E-state index contributed by atoms with van der Waals surface area (Å²) in [7, 11) is -2.61. The van der Waals surface area contributed by atoms with E-state index in [1.807, 2.05) is 19.9 Å². The van der Waals surface area contributed by atoms with Crippen molar-refractivity contribution in [1.29, 1.82) is 0 Å². The lowest BCUT2D eigenvalue weighted by molar-refractivity contribution is -0.244.